The summed E-state index contributed by atoms with van der Waals surface area (Å²) < 4.78 is 0. The highest BCUT2D eigenvalue weighted by Gasteiger charge is 2.18. The van der Waals surface area contributed by atoms with Crippen molar-refractivity contribution >= 4 is 63.0 Å². The molecular weight excluding hydrogens is 581 g/mol. The lowest BCUT2D eigenvalue weighted by Crippen LogP contribution is -2.26. The summed E-state index contributed by atoms with van der Waals surface area (Å²) in [6.07, 6.45) is 0. The number of hydrogen-bond acceptors (Lipinski definition) is 0. The Labute approximate surface area is 277 Å². The van der Waals surface area contributed by atoms with Gasteiger partial charge in [-0.15, -0.1) is 0 Å². The zero-order valence-corrected chi connectivity index (χ0v) is 27.4. The van der Waals surface area contributed by atoms with E-state index < -0.39 is 9.52 Å². The van der Waals surface area contributed by atoms with E-state index in [4.69, 9.17) is 0 Å². The van der Waals surface area contributed by atoms with Gasteiger partial charge in [0.1, 0.15) is 0 Å². The van der Waals surface area contributed by atoms with Gasteiger partial charge in [0, 0.05) is 0 Å². The fourth-order valence-electron chi connectivity index (χ4n) is 7.41. The van der Waals surface area contributed by atoms with Crippen LogP contribution in [0.4, 0.5) is 0 Å². The number of rotatable bonds is 5. The van der Waals surface area contributed by atoms with Gasteiger partial charge < -0.3 is 0 Å². The smallest absolute Gasteiger partial charge is 0.0633 e. The Kier molecular flexibility index (Phi) is 6.77. The zero-order valence-electron chi connectivity index (χ0n) is 26.0. The van der Waals surface area contributed by atoms with E-state index in [9.17, 15) is 0 Å². The Morgan fingerprint density at radius 1 is 0.277 bits per heavy atom. The predicted molar refractivity (Wildman–Crippen MR) is 207 cm³/mol. The second kappa shape index (κ2) is 11.5. The summed E-state index contributed by atoms with van der Waals surface area (Å²) in [7, 11) is -0.637. The predicted octanol–water partition coefficient (Wildman–Crippen LogP) is 10.4. The van der Waals surface area contributed by atoms with Crippen molar-refractivity contribution in [3.05, 3.63) is 182 Å². The highest BCUT2D eigenvalue weighted by Crippen LogP contribution is 2.45. The van der Waals surface area contributed by atoms with Gasteiger partial charge in [0.05, 0.1) is 9.52 Å². The average Bonchev–Trinajstić information content (AvgIpc) is 3.14. The molecule has 0 saturated carbocycles. The monoisotopic (exact) mass is 612 g/mol. The highest BCUT2D eigenvalue weighted by atomic mass is 28.2. The van der Waals surface area contributed by atoms with Crippen LogP contribution in [0.15, 0.2) is 182 Å². The summed E-state index contributed by atoms with van der Waals surface area (Å²) in [5.74, 6) is 0. The summed E-state index contributed by atoms with van der Waals surface area (Å²) in [5, 5.41) is 13.2. The molecule has 0 unspecified atom stereocenters. The van der Waals surface area contributed by atoms with Gasteiger partial charge in [0.15, 0.2) is 0 Å². The molecule has 0 fully saturated rings. The van der Waals surface area contributed by atoms with Crippen LogP contribution in [-0.4, -0.2) is 9.52 Å². The van der Waals surface area contributed by atoms with Crippen LogP contribution in [0.5, 0.6) is 0 Å². The fourth-order valence-corrected chi connectivity index (χ4v) is 8.93. The summed E-state index contributed by atoms with van der Waals surface area (Å²) in [6.45, 7) is 0. The van der Waals surface area contributed by atoms with E-state index >= 15 is 0 Å². The van der Waals surface area contributed by atoms with E-state index in [1.807, 2.05) is 0 Å². The molecule has 9 aromatic carbocycles. The van der Waals surface area contributed by atoms with Crippen LogP contribution in [0.1, 0.15) is 0 Å². The molecule has 0 aliphatic rings. The molecule has 0 amide bonds. The van der Waals surface area contributed by atoms with Crippen LogP contribution >= 0.6 is 0 Å². The fraction of sp³-hybridized carbons (Fsp3) is 0. The first-order chi connectivity index (χ1) is 23.3. The van der Waals surface area contributed by atoms with Crippen molar-refractivity contribution in [2.24, 2.45) is 0 Å². The maximum Gasteiger partial charge on any atom is 0.0875 e. The van der Waals surface area contributed by atoms with Gasteiger partial charge in [-0.3, -0.25) is 0 Å². The molecular formula is C46H32Si. The van der Waals surface area contributed by atoms with Crippen molar-refractivity contribution in [3.63, 3.8) is 0 Å². The first-order valence-corrected chi connectivity index (χ1v) is 17.8. The van der Waals surface area contributed by atoms with Gasteiger partial charge in [-0.25, -0.2) is 0 Å². The Balaban J connectivity index is 1.29. The minimum absolute atomic E-state index is 0.637. The third-order valence-electron chi connectivity index (χ3n) is 9.65. The van der Waals surface area contributed by atoms with E-state index in [-0.39, 0.29) is 0 Å². The lowest BCUT2D eigenvalue weighted by atomic mass is 9.84. The van der Waals surface area contributed by atoms with Crippen molar-refractivity contribution in [1.29, 1.82) is 0 Å². The number of benzene rings is 9. The SMILES string of the molecule is c1ccc([SiH2]c2ccc3c(-c4cccc5ccccc45)c4ccccc4c(-c4ccc(-c5ccc6ccccc6c5)cc4)c3c2)cc1. The molecule has 0 saturated heterocycles. The Hall–Kier alpha value is -5.76. The van der Waals surface area contributed by atoms with Crippen molar-refractivity contribution < 1.29 is 0 Å². The van der Waals surface area contributed by atoms with Crippen LogP contribution in [-0.2, 0) is 0 Å². The summed E-state index contributed by atoms with van der Waals surface area (Å²) in [5.41, 5.74) is 7.64. The molecule has 0 atom stereocenters. The standard InChI is InChI=1S/C46H32Si/c1-2-15-37(16-3-1)47-38-27-28-43-44(30-38)45(34-24-21-32(22-25-34)36-26-23-31-11-4-5-13-35(31)29-36)41-18-8-9-19-42(41)46(43)40-20-10-14-33-12-6-7-17-39(33)40/h1-30H,47H2. The highest BCUT2D eigenvalue weighted by molar-refractivity contribution is 6.67. The molecule has 0 aliphatic carbocycles. The Morgan fingerprint density at radius 2 is 0.872 bits per heavy atom. The van der Waals surface area contributed by atoms with Crippen molar-refractivity contribution in [2.75, 3.05) is 0 Å². The van der Waals surface area contributed by atoms with E-state index in [0.717, 1.165) is 0 Å². The molecule has 9 aromatic rings. The van der Waals surface area contributed by atoms with Gasteiger partial charge in [-0.05, 0) is 82.5 Å². The first-order valence-electron chi connectivity index (χ1n) is 16.4. The molecule has 0 N–H and O–H groups in total. The molecule has 0 bridgehead atoms. The first kappa shape index (κ1) is 27.5. The van der Waals surface area contributed by atoms with Gasteiger partial charge in [0.2, 0.25) is 0 Å². The minimum atomic E-state index is -0.637. The molecule has 0 spiro atoms. The van der Waals surface area contributed by atoms with Crippen LogP contribution in [0.3, 0.4) is 0 Å². The molecule has 0 aromatic heterocycles. The lowest BCUT2D eigenvalue weighted by molar-refractivity contribution is 1.63. The van der Waals surface area contributed by atoms with Crippen LogP contribution in [0.2, 0.25) is 0 Å². The quantitative estimate of drug-likeness (QED) is 0.134. The van der Waals surface area contributed by atoms with Crippen molar-refractivity contribution in [3.8, 4) is 33.4 Å². The third-order valence-corrected chi connectivity index (χ3v) is 11.4. The molecule has 1 heteroatoms. The molecule has 220 valence electrons. The van der Waals surface area contributed by atoms with Gasteiger partial charge in [0.25, 0.3) is 0 Å². The summed E-state index contributed by atoms with van der Waals surface area (Å²) >= 11 is 0. The zero-order chi connectivity index (χ0) is 31.2. The number of fused-ring (bicyclic) bond motifs is 4. The summed E-state index contributed by atoms with van der Waals surface area (Å²) in [4.78, 5) is 0. The van der Waals surface area contributed by atoms with Gasteiger partial charge in [-0.1, -0.05) is 186 Å². The maximum atomic E-state index is 2.50. The van der Waals surface area contributed by atoms with Crippen LogP contribution < -0.4 is 10.4 Å². The minimum Gasteiger partial charge on any atom is -0.0633 e. The van der Waals surface area contributed by atoms with Crippen molar-refractivity contribution in [1.82, 2.24) is 0 Å². The Morgan fingerprint density at radius 3 is 1.68 bits per heavy atom. The Bertz CT molecular complexity index is 2570. The van der Waals surface area contributed by atoms with Gasteiger partial charge in [-0.2, -0.15) is 0 Å². The molecule has 0 heterocycles. The third kappa shape index (κ3) is 4.93. The maximum absolute atomic E-state index is 2.50. The molecule has 9 rings (SSSR count). The van der Waals surface area contributed by atoms with E-state index in [1.54, 1.807) is 0 Å². The normalized spacial score (nSPS) is 11.7. The van der Waals surface area contributed by atoms with Crippen molar-refractivity contribution in [2.45, 2.75) is 0 Å². The second-order valence-electron chi connectivity index (χ2n) is 12.5. The molecule has 47 heavy (non-hydrogen) atoms. The van der Waals surface area contributed by atoms with E-state index in [0.29, 0.717) is 0 Å². The van der Waals surface area contributed by atoms with Crippen LogP contribution in [0.25, 0.3) is 76.5 Å². The second-order valence-corrected chi connectivity index (χ2v) is 14.5. The average molecular weight is 613 g/mol. The lowest BCUT2D eigenvalue weighted by Gasteiger charge is -2.20. The molecule has 0 aliphatic heterocycles. The number of hydrogen-bond donors (Lipinski definition) is 0. The van der Waals surface area contributed by atoms with E-state index in [1.165, 1.54) is 86.8 Å². The topological polar surface area (TPSA) is 0 Å². The van der Waals surface area contributed by atoms with Gasteiger partial charge >= 0.3 is 0 Å². The largest absolute Gasteiger partial charge is 0.0875 e. The molecule has 0 nitrogen and oxygen atoms in total. The summed E-state index contributed by atoms with van der Waals surface area (Å²) in [6, 6.07) is 67.4. The van der Waals surface area contributed by atoms with E-state index in [2.05, 4.69) is 182 Å². The molecule has 0 radical (unpaired) electrons. The van der Waals surface area contributed by atoms with Crippen LogP contribution in [0, 0.1) is 0 Å².